The third-order valence-corrected chi connectivity index (χ3v) is 0.619. The van der Waals surface area contributed by atoms with Crippen LogP contribution in [0, 0.1) is 0 Å². The average molecular weight is 194 g/mol. The van der Waals surface area contributed by atoms with Crippen molar-refractivity contribution in [1.82, 2.24) is 0 Å². The van der Waals surface area contributed by atoms with E-state index in [4.69, 9.17) is 0 Å². The van der Waals surface area contributed by atoms with Gasteiger partial charge in [-0.25, -0.2) is 0 Å². The van der Waals surface area contributed by atoms with Gasteiger partial charge in [-0.05, 0) is 0 Å². The van der Waals surface area contributed by atoms with E-state index in [0.29, 0.717) is 0 Å². The summed E-state index contributed by atoms with van der Waals surface area (Å²) in [5, 5.41) is 0. The fourth-order valence-electron chi connectivity index (χ4n) is 0.0479. The van der Waals surface area contributed by atoms with Crippen molar-refractivity contribution in [3.05, 3.63) is 0 Å². The molecule has 0 spiro atoms. The molecule has 0 fully saturated rings. The zero-order valence-electron chi connectivity index (χ0n) is 3.34. The van der Waals surface area contributed by atoms with E-state index in [1.165, 1.54) is 0 Å². The highest BCUT2D eigenvalue weighted by molar-refractivity contribution is 9.08. The Morgan fingerprint density at radius 3 is 1.75 bits per heavy atom. The Morgan fingerprint density at radius 2 is 1.75 bits per heavy atom. The van der Waals surface area contributed by atoms with Gasteiger partial charge >= 0.3 is 12.1 Å². The Labute approximate surface area is 50.7 Å². The highest BCUT2D eigenvalue weighted by Gasteiger charge is 2.36. The smallest absolute Gasteiger partial charge is 0.179 e. The Bertz CT molecular complexity index is 105. The summed E-state index contributed by atoms with van der Waals surface area (Å²) >= 11 is 1.94. The minimum atomic E-state index is -4.95. The molecule has 0 aliphatic heterocycles. The van der Waals surface area contributed by atoms with Crippen LogP contribution in [-0.2, 0) is 0 Å². The lowest BCUT2D eigenvalue weighted by Crippen LogP contribution is -2.16. The van der Waals surface area contributed by atoms with Gasteiger partial charge in [-0.1, -0.05) is 0 Å². The molecule has 0 aliphatic rings. The SMILES string of the molecule is FC(=NBr)C(F)(F)F. The van der Waals surface area contributed by atoms with Crippen LogP contribution in [0.2, 0.25) is 0 Å². The third kappa shape index (κ3) is 2.25. The Hall–Kier alpha value is -0.130. The molecule has 48 valence electrons. The molecule has 0 aromatic rings. The fraction of sp³-hybridized carbons (Fsp3) is 0.500. The maximum Gasteiger partial charge on any atom is 0.462 e. The number of rotatable bonds is 0. The molecule has 8 heavy (non-hydrogen) atoms. The van der Waals surface area contributed by atoms with Gasteiger partial charge in [0.05, 0.1) is 16.1 Å². The first-order valence-electron chi connectivity index (χ1n) is 1.40. The van der Waals surface area contributed by atoms with Crippen LogP contribution in [0.15, 0.2) is 4.02 Å². The molecule has 1 nitrogen and oxygen atoms in total. The van der Waals surface area contributed by atoms with Crippen LogP contribution < -0.4 is 0 Å². The lowest BCUT2D eigenvalue weighted by atomic mass is 10.7. The van der Waals surface area contributed by atoms with Crippen LogP contribution in [0.4, 0.5) is 17.6 Å². The number of hydrogen-bond acceptors (Lipinski definition) is 1. The highest BCUT2D eigenvalue weighted by atomic mass is 79.9. The van der Waals surface area contributed by atoms with Gasteiger partial charge in [-0.2, -0.15) is 21.6 Å². The van der Waals surface area contributed by atoms with Crippen LogP contribution in [-0.4, -0.2) is 12.1 Å². The molecule has 0 aromatic carbocycles. The fourth-order valence-corrected chi connectivity index (χ4v) is 0.249. The van der Waals surface area contributed by atoms with Gasteiger partial charge in [0.2, 0.25) is 0 Å². The van der Waals surface area contributed by atoms with Crippen LogP contribution in [0.3, 0.4) is 0 Å². The molecule has 0 bridgehead atoms. The second-order valence-corrected chi connectivity index (χ2v) is 1.23. The van der Waals surface area contributed by atoms with E-state index in [9.17, 15) is 17.6 Å². The summed E-state index contributed by atoms with van der Waals surface area (Å²) in [6, 6.07) is 0. The van der Waals surface area contributed by atoms with Crippen molar-refractivity contribution in [2.45, 2.75) is 6.18 Å². The summed E-state index contributed by atoms with van der Waals surface area (Å²) in [6.07, 6.45) is -4.95. The first-order chi connectivity index (χ1) is 3.48. The average Bonchev–Trinajstić information content (AvgIpc) is 1.62. The molecule has 0 atom stereocenters. The molecule has 0 N–H and O–H groups in total. The molecular formula is C2BrF4N. The van der Waals surface area contributed by atoms with E-state index < -0.39 is 12.1 Å². The summed E-state index contributed by atoms with van der Waals surface area (Å²) in [4.78, 5) is 0. The van der Waals surface area contributed by atoms with Gasteiger partial charge < -0.3 is 0 Å². The Morgan fingerprint density at radius 1 is 1.38 bits per heavy atom. The standard InChI is InChI=1S/C2BrF4N/c3-8-1(4)2(5,6)7. The molecule has 0 heterocycles. The normalized spacial score (nSPS) is 14.4. The van der Waals surface area contributed by atoms with E-state index >= 15 is 0 Å². The quantitative estimate of drug-likeness (QED) is 0.414. The van der Waals surface area contributed by atoms with Gasteiger partial charge in [0.1, 0.15) is 0 Å². The summed E-state index contributed by atoms with van der Waals surface area (Å²) < 4.78 is 46.1. The monoisotopic (exact) mass is 193 g/mol. The number of hydrogen-bond donors (Lipinski definition) is 0. The number of nitrogens with zero attached hydrogens (tertiary/aromatic N) is 1. The lowest BCUT2D eigenvalue weighted by molar-refractivity contribution is -0.0669. The van der Waals surface area contributed by atoms with E-state index in [2.05, 4.69) is 4.02 Å². The summed E-state index contributed by atoms with van der Waals surface area (Å²) in [5.41, 5.74) is 0. The molecule has 0 aliphatic carbocycles. The molecule has 0 aromatic heterocycles. The zero-order valence-corrected chi connectivity index (χ0v) is 4.92. The Balaban J connectivity index is 4.03. The van der Waals surface area contributed by atoms with Crippen molar-refractivity contribution in [1.29, 1.82) is 0 Å². The maximum atomic E-state index is 11.2. The number of alkyl halides is 3. The van der Waals surface area contributed by atoms with E-state index in [1.807, 2.05) is 16.1 Å². The highest BCUT2D eigenvalue weighted by Crippen LogP contribution is 2.18. The van der Waals surface area contributed by atoms with Gasteiger partial charge in [-0.15, -0.1) is 0 Å². The molecule has 0 unspecified atom stereocenters. The van der Waals surface area contributed by atoms with E-state index in [0.717, 1.165) is 0 Å². The van der Waals surface area contributed by atoms with Crippen molar-refractivity contribution < 1.29 is 17.6 Å². The van der Waals surface area contributed by atoms with Crippen LogP contribution in [0.1, 0.15) is 0 Å². The van der Waals surface area contributed by atoms with Crippen LogP contribution in [0.5, 0.6) is 0 Å². The summed E-state index contributed by atoms with van der Waals surface area (Å²) in [7, 11) is 0. The summed E-state index contributed by atoms with van der Waals surface area (Å²) in [5.74, 6) is -2.38. The lowest BCUT2D eigenvalue weighted by Gasteiger charge is -1.96. The largest absolute Gasteiger partial charge is 0.462 e. The second-order valence-electron chi connectivity index (χ2n) is 0.873. The summed E-state index contributed by atoms with van der Waals surface area (Å²) in [6.45, 7) is 0. The number of halogens is 5. The van der Waals surface area contributed by atoms with E-state index in [1.54, 1.807) is 0 Å². The molecule has 6 heteroatoms. The van der Waals surface area contributed by atoms with Crippen LogP contribution in [0.25, 0.3) is 0 Å². The van der Waals surface area contributed by atoms with Crippen LogP contribution >= 0.6 is 16.1 Å². The topological polar surface area (TPSA) is 12.4 Å². The molecule has 0 radical (unpaired) electrons. The zero-order chi connectivity index (χ0) is 6.78. The maximum absolute atomic E-state index is 11.2. The van der Waals surface area contributed by atoms with Gasteiger partial charge in [0, 0.05) is 0 Å². The van der Waals surface area contributed by atoms with Crippen molar-refractivity contribution in [3.8, 4) is 0 Å². The molecule has 0 saturated heterocycles. The van der Waals surface area contributed by atoms with E-state index in [-0.39, 0.29) is 0 Å². The van der Waals surface area contributed by atoms with Crippen molar-refractivity contribution >= 4 is 22.1 Å². The predicted octanol–water partition coefficient (Wildman–Crippen LogP) is 2.23. The molecule has 0 rings (SSSR count). The first kappa shape index (κ1) is 7.87. The second kappa shape index (κ2) is 2.43. The van der Waals surface area contributed by atoms with Crippen molar-refractivity contribution in [2.75, 3.05) is 0 Å². The Kier molecular flexibility index (Phi) is 2.39. The molecule has 0 amide bonds. The van der Waals surface area contributed by atoms with Gasteiger partial charge in [0.15, 0.2) is 0 Å². The molecule has 0 saturated carbocycles. The minimum absolute atomic E-state index is 1.94. The van der Waals surface area contributed by atoms with Gasteiger partial charge in [0.25, 0.3) is 0 Å². The minimum Gasteiger partial charge on any atom is -0.179 e. The van der Waals surface area contributed by atoms with Crippen molar-refractivity contribution in [2.24, 2.45) is 4.02 Å². The predicted molar refractivity (Wildman–Crippen MR) is 23.5 cm³/mol. The molecular weight excluding hydrogens is 194 g/mol. The third-order valence-electron chi connectivity index (χ3n) is 0.308. The van der Waals surface area contributed by atoms with Crippen molar-refractivity contribution in [3.63, 3.8) is 0 Å². The first-order valence-corrected chi connectivity index (χ1v) is 2.11. The van der Waals surface area contributed by atoms with Gasteiger partial charge in [-0.3, -0.25) is 0 Å².